The van der Waals surface area contributed by atoms with Crippen molar-refractivity contribution in [1.29, 1.82) is 0 Å². The van der Waals surface area contributed by atoms with Crippen LogP contribution in [0, 0.1) is 12.7 Å². The van der Waals surface area contributed by atoms with Gasteiger partial charge in [0.2, 0.25) is 0 Å². The summed E-state index contributed by atoms with van der Waals surface area (Å²) in [6.07, 6.45) is 0. The lowest BCUT2D eigenvalue weighted by atomic mass is 10.1. The van der Waals surface area contributed by atoms with E-state index in [2.05, 4.69) is 24.1 Å². The molecule has 18 heavy (non-hydrogen) atoms. The first-order chi connectivity index (χ1) is 8.56. The topological polar surface area (TPSA) is 24.9 Å². The van der Waals surface area contributed by atoms with Crippen LogP contribution in [0.3, 0.4) is 0 Å². The maximum atomic E-state index is 12.9. The van der Waals surface area contributed by atoms with Gasteiger partial charge in [-0.3, -0.25) is 0 Å². The van der Waals surface area contributed by atoms with E-state index in [1.807, 2.05) is 6.92 Å². The highest BCUT2D eigenvalue weighted by Crippen LogP contribution is 2.30. The molecule has 0 aliphatic heterocycles. The number of rotatable bonds is 4. The van der Waals surface area contributed by atoms with E-state index >= 15 is 0 Å². The second-order valence-electron chi connectivity index (χ2n) is 4.56. The van der Waals surface area contributed by atoms with E-state index in [1.165, 1.54) is 12.1 Å². The molecule has 0 unspecified atom stereocenters. The first-order valence-electron chi connectivity index (χ1n) is 6.02. The Balaban J connectivity index is 2.21. The molecule has 2 rings (SSSR count). The zero-order valence-corrected chi connectivity index (χ0v) is 11.6. The number of aromatic nitrogens is 1. The van der Waals surface area contributed by atoms with Crippen LogP contribution in [0.4, 0.5) is 4.39 Å². The third-order valence-corrected chi connectivity index (χ3v) is 3.82. The molecule has 1 N–H and O–H groups in total. The first kappa shape index (κ1) is 13.2. The van der Waals surface area contributed by atoms with Crippen molar-refractivity contribution in [2.24, 2.45) is 0 Å². The summed E-state index contributed by atoms with van der Waals surface area (Å²) in [6, 6.07) is 7.02. The summed E-state index contributed by atoms with van der Waals surface area (Å²) in [5.74, 6) is -0.206. The number of hydrogen-bond donors (Lipinski definition) is 1. The van der Waals surface area contributed by atoms with E-state index in [0.717, 1.165) is 27.7 Å². The molecule has 0 aliphatic carbocycles. The fourth-order valence-corrected chi connectivity index (χ4v) is 2.71. The highest BCUT2D eigenvalue weighted by Gasteiger charge is 2.09. The van der Waals surface area contributed by atoms with E-state index in [4.69, 9.17) is 0 Å². The van der Waals surface area contributed by atoms with E-state index < -0.39 is 0 Å². The van der Waals surface area contributed by atoms with Gasteiger partial charge in [-0.05, 0) is 24.6 Å². The first-order valence-corrected chi connectivity index (χ1v) is 6.83. The molecule has 0 aliphatic rings. The van der Waals surface area contributed by atoms with Crippen LogP contribution in [0.2, 0.25) is 0 Å². The van der Waals surface area contributed by atoms with Crippen LogP contribution in [0.15, 0.2) is 24.3 Å². The molecule has 2 nitrogen and oxygen atoms in total. The van der Waals surface area contributed by atoms with Crippen LogP contribution in [-0.4, -0.2) is 11.0 Å². The lowest BCUT2D eigenvalue weighted by Crippen LogP contribution is -2.21. The maximum Gasteiger partial charge on any atom is 0.123 e. The van der Waals surface area contributed by atoms with Crippen LogP contribution in [-0.2, 0) is 6.54 Å². The Morgan fingerprint density at radius 1 is 1.28 bits per heavy atom. The molecule has 0 saturated carbocycles. The van der Waals surface area contributed by atoms with Gasteiger partial charge in [-0.25, -0.2) is 9.37 Å². The molecule has 0 fully saturated rings. The number of nitrogens with zero attached hydrogens (tertiary/aromatic N) is 1. The van der Waals surface area contributed by atoms with Crippen molar-refractivity contribution in [3.8, 4) is 10.4 Å². The Morgan fingerprint density at radius 2 is 1.94 bits per heavy atom. The molecule has 4 heteroatoms. The minimum atomic E-state index is -0.206. The van der Waals surface area contributed by atoms with Crippen molar-refractivity contribution >= 4 is 11.3 Å². The molecule has 1 aromatic heterocycles. The standard InChI is InChI=1S/C14H17FN2S/c1-9(2)16-8-13-17-10(3)14(18-13)11-4-6-12(15)7-5-11/h4-7,9,16H,8H2,1-3H3. The van der Waals surface area contributed by atoms with Gasteiger partial charge in [0, 0.05) is 12.6 Å². The van der Waals surface area contributed by atoms with Gasteiger partial charge >= 0.3 is 0 Å². The van der Waals surface area contributed by atoms with Crippen LogP contribution >= 0.6 is 11.3 Å². The van der Waals surface area contributed by atoms with Crippen LogP contribution in [0.25, 0.3) is 10.4 Å². The van der Waals surface area contributed by atoms with Crippen molar-refractivity contribution in [2.45, 2.75) is 33.4 Å². The van der Waals surface area contributed by atoms with Crippen molar-refractivity contribution in [1.82, 2.24) is 10.3 Å². The minimum absolute atomic E-state index is 0.206. The van der Waals surface area contributed by atoms with Gasteiger partial charge < -0.3 is 5.32 Å². The van der Waals surface area contributed by atoms with Gasteiger partial charge in [0.05, 0.1) is 10.6 Å². The monoisotopic (exact) mass is 264 g/mol. The van der Waals surface area contributed by atoms with Crippen LogP contribution in [0.5, 0.6) is 0 Å². The van der Waals surface area contributed by atoms with E-state index in [1.54, 1.807) is 23.5 Å². The molecule has 0 saturated heterocycles. The number of halogens is 1. The Kier molecular flexibility index (Phi) is 4.09. The summed E-state index contributed by atoms with van der Waals surface area (Å²) in [4.78, 5) is 5.66. The van der Waals surface area contributed by atoms with Gasteiger partial charge in [-0.15, -0.1) is 11.3 Å². The van der Waals surface area contributed by atoms with Gasteiger partial charge in [-0.2, -0.15) is 0 Å². The molecule has 0 spiro atoms. The van der Waals surface area contributed by atoms with Crippen molar-refractivity contribution in [3.63, 3.8) is 0 Å². The van der Waals surface area contributed by atoms with Crippen molar-refractivity contribution < 1.29 is 4.39 Å². The molecular formula is C14H17FN2S. The Morgan fingerprint density at radius 3 is 2.56 bits per heavy atom. The highest BCUT2D eigenvalue weighted by atomic mass is 32.1. The number of nitrogens with one attached hydrogen (secondary N) is 1. The fourth-order valence-electron chi connectivity index (χ4n) is 1.69. The second-order valence-corrected chi connectivity index (χ2v) is 5.65. The lowest BCUT2D eigenvalue weighted by Gasteiger charge is -2.04. The molecule has 1 heterocycles. The Hall–Kier alpha value is -1.26. The molecule has 0 atom stereocenters. The van der Waals surface area contributed by atoms with Crippen LogP contribution in [0.1, 0.15) is 24.5 Å². The summed E-state index contributed by atoms with van der Waals surface area (Å²) < 4.78 is 12.9. The van der Waals surface area contributed by atoms with Gasteiger partial charge in [-0.1, -0.05) is 26.0 Å². The number of hydrogen-bond acceptors (Lipinski definition) is 3. The minimum Gasteiger partial charge on any atom is -0.308 e. The fraction of sp³-hybridized carbons (Fsp3) is 0.357. The SMILES string of the molecule is Cc1nc(CNC(C)C)sc1-c1ccc(F)cc1. The Bertz CT molecular complexity index is 517. The van der Waals surface area contributed by atoms with Gasteiger partial charge in [0.15, 0.2) is 0 Å². The quantitative estimate of drug-likeness (QED) is 0.909. The smallest absolute Gasteiger partial charge is 0.123 e. The van der Waals surface area contributed by atoms with Crippen molar-refractivity contribution in [3.05, 3.63) is 40.8 Å². The maximum absolute atomic E-state index is 12.9. The average molecular weight is 264 g/mol. The lowest BCUT2D eigenvalue weighted by molar-refractivity contribution is 0.587. The summed E-state index contributed by atoms with van der Waals surface area (Å²) in [5.41, 5.74) is 2.04. The van der Waals surface area contributed by atoms with Crippen molar-refractivity contribution in [2.75, 3.05) is 0 Å². The molecule has 2 aromatic rings. The molecule has 0 radical (unpaired) electrons. The third kappa shape index (κ3) is 3.15. The zero-order valence-electron chi connectivity index (χ0n) is 10.8. The molecular weight excluding hydrogens is 247 g/mol. The molecule has 1 aromatic carbocycles. The van der Waals surface area contributed by atoms with Gasteiger partial charge in [0.1, 0.15) is 10.8 Å². The summed E-state index contributed by atoms with van der Waals surface area (Å²) in [6.45, 7) is 7.00. The predicted octanol–water partition coefficient (Wildman–Crippen LogP) is 3.76. The second kappa shape index (κ2) is 5.59. The number of aryl methyl sites for hydroxylation is 1. The summed E-state index contributed by atoms with van der Waals surface area (Å²) in [5, 5.41) is 4.42. The number of benzene rings is 1. The van der Waals surface area contributed by atoms with E-state index in [9.17, 15) is 4.39 Å². The van der Waals surface area contributed by atoms with E-state index in [-0.39, 0.29) is 5.82 Å². The zero-order chi connectivity index (χ0) is 13.1. The molecule has 0 bridgehead atoms. The molecule has 96 valence electrons. The summed E-state index contributed by atoms with van der Waals surface area (Å²) in [7, 11) is 0. The van der Waals surface area contributed by atoms with Gasteiger partial charge in [0.25, 0.3) is 0 Å². The van der Waals surface area contributed by atoms with Crippen LogP contribution < -0.4 is 5.32 Å². The summed E-state index contributed by atoms with van der Waals surface area (Å²) >= 11 is 1.66. The third-order valence-electron chi connectivity index (χ3n) is 2.61. The van der Waals surface area contributed by atoms with E-state index in [0.29, 0.717) is 6.04 Å². The Labute approximate surface area is 111 Å². The largest absolute Gasteiger partial charge is 0.308 e. The normalized spacial score (nSPS) is 11.2. The molecule has 0 amide bonds. The number of thiazole rings is 1. The average Bonchev–Trinajstić information content (AvgIpc) is 2.69. The predicted molar refractivity (Wildman–Crippen MR) is 74.2 cm³/mol. The highest BCUT2D eigenvalue weighted by molar-refractivity contribution is 7.15.